The second-order valence-electron chi connectivity index (χ2n) is 4.52. The van der Waals surface area contributed by atoms with E-state index in [0.717, 1.165) is 12.5 Å². The molecular weight excluding hydrogens is 196 g/mol. The zero-order valence-corrected chi connectivity index (χ0v) is 11.0. The minimum Gasteiger partial charge on any atom is -0.298 e. The van der Waals surface area contributed by atoms with Crippen molar-refractivity contribution in [1.29, 1.82) is 0 Å². The molecule has 0 spiro atoms. The molecule has 2 heteroatoms. The summed E-state index contributed by atoms with van der Waals surface area (Å²) in [6, 6.07) is 2.15. The Bertz CT molecular complexity index is 307. The summed E-state index contributed by atoms with van der Waals surface area (Å²) in [4.78, 5) is 6.71. The Morgan fingerprint density at radius 1 is 1.31 bits per heavy atom. The number of aromatic nitrogens is 1. The van der Waals surface area contributed by atoms with Crippen LogP contribution in [0.15, 0.2) is 18.5 Å². The van der Waals surface area contributed by atoms with Gasteiger partial charge in [0.2, 0.25) is 0 Å². The maximum atomic E-state index is 4.18. The van der Waals surface area contributed by atoms with Gasteiger partial charge >= 0.3 is 0 Å². The number of rotatable bonds is 2. The van der Waals surface area contributed by atoms with Gasteiger partial charge in [-0.25, -0.2) is 0 Å². The molecule has 1 aliphatic rings. The van der Waals surface area contributed by atoms with Crippen molar-refractivity contribution < 1.29 is 0 Å². The van der Waals surface area contributed by atoms with Crippen molar-refractivity contribution in [3.05, 3.63) is 29.6 Å². The number of nitrogens with zero attached hydrogens (tertiary/aromatic N) is 2. The minimum absolute atomic E-state index is 0.758. The Kier molecular flexibility index (Phi) is 5.47. The molecule has 0 saturated carbocycles. The summed E-state index contributed by atoms with van der Waals surface area (Å²) in [5.74, 6) is 0.758. The van der Waals surface area contributed by atoms with Gasteiger partial charge in [-0.1, -0.05) is 27.7 Å². The van der Waals surface area contributed by atoms with E-state index < -0.39 is 0 Å². The lowest BCUT2D eigenvalue weighted by Gasteiger charge is -2.29. The SMILES string of the molecule is CC.CC(C)CN1CCc2ccncc2C1. The van der Waals surface area contributed by atoms with Gasteiger partial charge < -0.3 is 0 Å². The van der Waals surface area contributed by atoms with E-state index in [4.69, 9.17) is 0 Å². The highest BCUT2D eigenvalue weighted by atomic mass is 15.1. The Labute approximate surface area is 99.7 Å². The van der Waals surface area contributed by atoms with Crippen LogP contribution in [-0.2, 0) is 13.0 Å². The van der Waals surface area contributed by atoms with Gasteiger partial charge in [-0.15, -0.1) is 0 Å². The third kappa shape index (κ3) is 3.60. The van der Waals surface area contributed by atoms with Gasteiger partial charge in [0.1, 0.15) is 0 Å². The van der Waals surface area contributed by atoms with Gasteiger partial charge in [0.05, 0.1) is 0 Å². The van der Waals surface area contributed by atoms with E-state index in [9.17, 15) is 0 Å². The fourth-order valence-electron chi connectivity index (χ4n) is 2.11. The lowest BCUT2D eigenvalue weighted by atomic mass is 10.0. The Morgan fingerprint density at radius 2 is 2.06 bits per heavy atom. The highest BCUT2D eigenvalue weighted by Crippen LogP contribution is 2.17. The maximum Gasteiger partial charge on any atom is 0.0315 e. The molecule has 0 saturated heterocycles. The molecule has 2 heterocycles. The third-order valence-corrected chi connectivity index (χ3v) is 2.72. The first-order valence-electron chi connectivity index (χ1n) is 6.40. The Balaban J connectivity index is 0.000000606. The van der Waals surface area contributed by atoms with Crippen LogP contribution in [0.1, 0.15) is 38.8 Å². The molecule has 0 aromatic carbocycles. The van der Waals surface area contributed by atoms with Crippen LogP contribution in [0.3, 0.4) is 0 Å². The predicted molar refractivity (Wildman–Crippen MR) is 69.4 cm³/mol. The molecule has 0 aliphatic carbocycles. The average molecular weight is 220 g/mol. The fourth-order valence-corrected chi connectivity index (χ4v) is 2.11. The van der Waals surface area contributed by atoms with Gasteiger partial charge in [0.15, 0.2) is 0 Å². The first-order chi connectivity index (χ1) is 7.75. The molecule has 16 heavy (non-hydrogen) atoms. The van der Waals surface area contributed by atoms with Gasteiger partial charge in [-0.05, 0) is 29.5 Å². The first-order valence-corrected chi connectivity index (χ1v) is 6.40. The quantitative estimate of drug-likeness (QED) is 0.761. The van der Waals surface area contributed by atoms with Crippen LogP contribution in [0.5, 0.6) is 0 Å². The molecule has 2 rings (SSSR count). The van der Waals surface area contributed by atoms with Crippen molar-refractivity contribution in [2.24, 2.45) is 5.92 Å². The average Bonchev–Trinajstić information content (AvgIpc) is 2.31. The molecular formula is C14H24N2. The monoisotopic (exact) mass is 220 g/mol. The summed E-state index contributed by atoms with van der Waals surface area (Å²) in [5.41, 5.74) is 2.90. The standard InChI is InChI=1S/C12H18N2.C2H6/c1-10(2)8-14-6-4-11-3-5-13-7-12(11)9-14;1-2/h3,5,7,10H,4,6,8-9H2,1-2H3;1-2H3. The zero-order chi connectivity index (χ0) is 12.0. The van der Waals surface area contributed by atoms with Crippen molar-refractivity contribution in [3.63, 3.8) is 0 Å². The van der Waals surface area contributed by atoms with Crippen molar-refractivity contribution >= 4 is 0 Å². The second kappa shape index (κ2) is 6.64. The van der Waals surface area contributed by atoms with Crippen LogP contribution in [0.4, 0.5) is 0 Å². The minimum atomic E-state index is 0.758. The molecule has 2 nitrogen and oxygen atoms in total. The molecule has 1 aromatic heterocycles. The molecule has 0 radical (unpaired) electrons. The smallest absolute Gasteiger partial charge is 0.0315 e. The zero-order valence-electron chi connectivity index (χ0n) is 11.0. The molecule has 0 atom stereocenters. The predicted octanol–water partition coefficient (Wildman–Crippen LogP) is 3.12. The van der Waals surface area contributed by atoms with E-state index >= 15 is 0 Å². The number of pyridine rings is 1. The molecule has 0 unspecified atom stereocenters. The van der Waals surface area contributed by atoms with Crippen molar-refractivity contribution in [1.82, 2.24) is 9.88 Å². The van der Waals surface area contributed by atoms with Gasteiger partial charge in [0.25, 0.3) is 0 Å². The second-order valence-corrected chi connectivity index (χ2v) is 4.52. The molecule has 0 fully saturated rings. The van der Waals surface area contributed by atoms with Crippen molar-refractivity contribution in [3.8, 4) is 0 Å². The molecule has 0 amide bonds. The molecule has 1 aromatic rings. The van der Waals surface area contributed by atoms with E-state index in [2.05, 4.69) is 29.8 Å². The van der Waals surface area contributed by atoms with E-state index in [-0.39, 0.29) is 0 Å². The van der Waals surface area contributed by atoms with E-state index in [1.807, 2.05) is 26.2 Å². The number of fused-ring (bicyclic) bond motifs is 1. The first kappa shape index (κ1) is 13.2. The van der Waals surface area contributed by atoms with E-state index in [1.54, 1.807) is 0 Å². The molecule has 90 valence electrons. The van der Waals surface area contributed by atoms with Crippen molar-refractivity contribution in [2.45, 2.75) is 40.7 Å². The lowest BCUT2D eigenvalue weighted by molar-refractivity contribution is 0.226. The lowest BCUT2D eigenvalue weighted by Crippen LogP contribution is -2.33. The fraction of sp³-hybridized carbons (Fsp3) is 0.643. The topological polar surface area (TPSA) is 16.1 Å². The van der Waals surface area contributed by atoms with E-state index in [0.29, 0.717) is 0 Å². The maximum absolute atomic E-state index is 4.18. The van der Waals surface area contributed by atoms with E-state index in [1.165, 1.54) is 30.6 Å². The number of hydrogen-bond donors (Lipinski definition) is 0. The summed E-state index contributed by atoms with van der Waals surface area (Å²) in [6.45, 7) is 12.0. The van der Waals surface area contributed by atoms with Crippen LogP contribution in [0.25, 0.3) is 0 Å². The highest BCUT2D eigenvalue weighted by Gasteiger charge is 2.16. The van der Waals surface area contributed by atoms with Crippen LogP contribution < -0.4 is 0 Å². The highest BCUT2D eigenvalue weighted by molar-refractivity contribution is 5.25. The summed E-state index contributed by atoms with van der Waals surface area (Å²) in [6.07, 6.45) is 5.10. The molecule has 1 aliphatic heterocycles. The van der Waals surface area contributed by atoms with Crippen molar-refractivity contribution in [2.75, 3.05) is 13.1 Å². The van der Waals surface area contributed by atoms with Crippen LogP contribution in [0.2, 0.25) is 0 Å². The summed E-state index contributed by atoms with van der Waals surface area (Å²) in [7, 11) is 0. The Hall–Kier alpha value is -0.890. The Morgan fingerprint density at radius 3 is 2.75 bits per heavy atom. The largest absolute Gasteiger partial charge is 0.298 e. The molecule has 0 N–H and O–H groups in total. The normalized spacial score (nSPS) is 15.3. The van der Waals surface area contributed by atoms with Crippen LogP contribution in [-0.4, -0.2) is 23.0 Å². The summed E-state index contributed by atoms with van der Waals surface area (Å²) < 4.78 is 0. The third-order valence-electron chi connectivity index (χ3n) is 2.72. The number of hydrogen-bond acceptors (Lipinski definition) is 2. The molecule has 0 bridgehead atoms. The van der Waals surface area contributed by atoms with Gasteiger partial charge in [0, 0.05) is 32.0 Å². The summed E-state index contributed by atoms with van der Waals surface area (Å²) >= 11 is 0. The van der Waals surface area contributed by atoms with Crippen LogP contribution >= 0.6 is 0 Å². The van der Waals surface area contributed by atoms with Gasteiger partial charge in [-0.3, -0.25) is 9.88 Å². The van der Waals surface area contributed by atoms with Gasteiger partial charge in [-0.2, -0.15) is 0 Å². The van der Waals surface area contributed by atoms with Crippen LogP contribution in [0, 0.1) is 5.92 Å². The summed E-state index contributed by atoms with van der Waals surface area (Å²) in [5, 5.41) is 0.